The first kappa shape index (κ1) is 26.6. The molecule has 188 valence electrons. The third kappa shape index (κ3) is 5.82. The van der Waals surface area contributed by atoms with Gasteiger partial charge in [-0.05, 0) is 42.3 Å². The van der Waals surface area contributed by atoms with Gasteiger partial charge < -0.3 is 19.5 Å². The van der Waals surface area contributed by atoms with Crippen molar-refractivity contribution < 1.29 is 27.8 Å². The Kier molecular flexibility index (Phi) is 8.51. The first-order valence-electron chi connectivity index (χ1n) is 11.3. The number of nitriles is 1. The number of ether oxygens (including phenoxy) is 2. The fourth-order valence-electron chi connectivity index (χ4n) is 3.97. The molecule has 0 aromatic heterocycles. The molecule has 0 aliphatic carbocycles. The number of aliphatic hydroxyl groups is 1. The van der Waals surface area contributed by atoms with Crippen molar-refractivity contribution in [1.29, 1.82) is 5.26 Å². The standard InChI is InChI=1S/C25H31N3O6S/c1-17-13-28(18(2)15-29)35(31,32)24-10-9-21(20-7-5-19(12-26)6-8-20)11-22(24)34-23(17)14-27(3)25(30)16-33-4/h5-11,17-18,23,29H,13-16H2,1-4H3/t17-,18+,23-/m0/s1. The average Bonchev–Trinajstić information content (AvgIpc) is 2.85. The van der Waals surface area contributed by atoms with Crippen LogP contribution in [0.2, 0.25) is 0 Å². The summed E-state index contributed by atoms with van der Waals surface area (Å²) < 4.78 is 39.7. The fraction of sp³-hybridized carbons (Fsp3) is 0.440. The number of nitrogens with zero attached hydrogens (tertiary/aromatic N) is 3. The molecule has 0 unspecified atom stereocenters. The monoisotopic (exact) mass is 501 g/mol. The van der Waals surface area contributed by atoms with Crippen LogP contribution < -0.4 is 4.74 Å². The number of methoxy groups -OCH3 is 1. The third-order valence-corrected chi connectivity index (χ3v) is 8.18. The number of hydrogen-bond acceptors (Lipinski definition) is 7. The molecule has 10 heteroatoms. The van der Waals surface area contributed by atoms with Gasteiger partial charge in [-0.15, -0.1) is 0 Å². The molecule has 3 atom stereocenters. The van der Waals surface area contributed by atoms with Crippen LogP contribution >= 0.6 is 0 Å². The highest BCUT2D eigenvalue weighted by atomic mass is 32.2. The second kappa shape index (κ2) is 11.2. The number of rotatable bonds is 7. The van der Waals surface area contributed by atoms with Gasteiger partial charge in [-0.1, -0.05) is 25.1 Å². The molecule has 0 saturated heterocycles. The lowest BCUT2D eigenvalue weighted by molar-refractivity contribution is -0.135. The lowest BCUT2D eigenvalue weighted by Crippen LogP contribution is -2.50. The molecule has 9 nitrogen and oxygen atoms in total. The number of hydrogen-bond donors (Lipinski definition) is 1. The summed E-state index contributed by atoms with van der Waals surface area (Å²) in [4.78, 5) is 13.8. The molecule has 35 heavy (non-hydrogen) atoms. The van der Waals surface area contributed by atoms with E-state index in [1.807, 2.05) is 6.92 Å². The minimum Gasteiger partial charge on any atom is -0.487 e. The number of sulfonamides is 1. The molecule has 1 aliphatic rings. The van der Waals surface area contributed by atoms with E-state index < -0.39 is 22.2 Å². The van der Waals surface area contributed by atoms with Crippen molar-refractivity contribution in [2.45, 2.75) is 30.9 Å². The van der Waals surface area contributed by atoms with Gasteiger partial charge in [0.05, 0.1) is 24.8 Å². The number of benzene rings is 2. The van der Waals surface area contributed by atoms with E-state index in [1.165, 1.54) is 22.4 Å². The van der Waals surface area contributed by atoms with Crippen molar-refractivity contribution >= 4 is 15.9 Å². The third-order valence-electron chi connectivity index (χ3n) is 6.16. The summed E-state index contributed by atoms with van der Waals surface area (Å²) in [7, 11) is -0.876. The predicted molar refractivity (Wildman–Crippen MR) is 130 cm³/mol. The molecule has 1 amide bonds. The smallest absolute Gasteiger partial charge is 0.248 e. The van der Waals surface area contributed by atoms with Crippen molar-refractivity contribution in [3.8, 4) is 22.9 Å². The summed E-state index contributed by atoms with van der Waals surface area (Å²) in [6.07, 6.45) is -0.514. The van der Waals surface area contributed by atoms with Crippen molar-refractivity contribution in [2.24, 2.45) is 5.92 Å². The summed E-state index contributed by atoms with van der Waals surface area (Å²) in [6, 6.07) is 13.3. The van der Waals surface area contributed by atoms with Gasteiger partial charge in [0.15, 0.2) is 0 Å². The topological polar surface area (TPSA) is 120 Å². The van der Waals surface area contributed by atoms with Crippen molar-refractivity contribution in [3.05, 3.63) is 48.0 Å². The number of fused-ring (bicyclic) bond motifs is 1. The van der Waals surface area contributed by atoms with Crippen LogP contribution in [0.4, 0.5) is 0 Å². The first-order chi connectivity index (χ1) is 16.6. The van der Waals surface area contributed by atoms with Gasteiger partial charge >= 0.3 is 0 Å². The van der Waals surface area contributed by atoms with Crippen LogP contribution in [0.5, 0.6) is 5.75 Å². The van der Waals surface area contributed by atoms with E-state index in [1.54, 1.807) is 50.4 Å². The summed E-state index contributed by atoms with van der Waals surface area (Å²) in [5.74, 6) is -0.334. The van der Waals surface area contributed by atoms with Gasteiger partial charge in [-0.3, -0.25) is 4.79 Å². The van der Waals surface area contributed by atoms with Gasteiger partial charge in [-0.2, -0.15) is 9.57 Å². The SMILES string of the molecule is COCC(=O)N(C)C[C@@H]1Oc2cc(-c3ccc(C#N)cc3)ccc2S(=O)(=O)N([C@H](C)CO)C[C@@H]1C. The zero-order valence-electron chi connectivity index (χ0n) is 20.3. The lowest BCUT2D eigenvalue weighted by Gasteiger charge is -2.37. The highest BCUT2D eigenvalue weighted by Gasteiger charge is 2.38. The Morgan fingerprint density at radius 1 is 1.29 bits per heavy atom. The summed E-state index contributed by atoms with van der Waals surface area (Å²) >= 11 is 0. The van der Waals surface area contributed by atoms with Crippen LogP contribution in [0.1, 0.15) is 19.4 Å². The van der Waals surface area contributed by atoms with Gasteiger partial charge in [0.1, 0.15) is 23.4 Å². The highest BCUT2D eigenvalue weighted by Crippen LogP contribution is 2.36. The fourth-order valence-corrected chi connectivity index (χ4v) is 5.79. The molecule has 0 saturated carbocycles. The minimum atomic E-state index is -3.97. The quantitative estimate of drug-likeness (QED) is 0.617. The molecule has 1 N–H and O–H groups in total. The number of aliphatic hydroxyl groups excluding tert-OH is 1. The van der Waals surface area contributed by atoms with E-state index in [9.17, 15) is 18.3 Å². The van der Waals surface area contributed by atoms with Crippen LogP contribution in [0.15, 0.2) is 47.4 Å². The van der Waals surface area contributed by atoms with Crippen molar-refractivity contribution in [2.75, 3.05) is 40.5 Å². The summed E-state index contributed by atoms with van der Waals surface area (Å²) in [6.45, 7) is 3.47. The number of carbonyl (C=O) groups excluding carboxylic acids is 1. The maximum atomic E-state index is 13.6. The van der Waals surface area contributed by atoms with Crippen LogP contribution in [-0.2, 0) is 19.6 Å². The maximum absolute atomic E-state index is 13.6. The van der Waals surface area contributed by atoms with Crippen LogP contribution in [0.25, 0.3) is 11.1 Å². The largest absolute Gasteiger partial charge is 0.487 e. The number of amides is 1. The van der Waals surface area contributed by atoms with Gasteiger partial charge in [-0.25, -0.2) is 8.42 Å². The van der Waals surface area contributed by atoms with E-state index in [-0.39, 0.29) is 48.8 Å². The molecule has 1 aliphatic heterocycles. The minimum absolute atomic E-state index is 0.00188. The Balaban J connectivity index is 2.09. The zero-order valence-corrected chi connectivity index (χ0v) is 21.2. The van der Waals surface area contributed by atoms with E-state index >= 15 is 0 Å². The highest BCUT2D eigenvalue weighted by molar-refractivity contribution is 7.89. The normalized spacial score (nSPS) is 20.5. The predicted octanol–water partition coefficient (Wildman–Crippen LogP) is 2.10. The second-order valence-electron chi connectivity index (χ2n) is 8.80. The van der Waals surface area contributed by atoms with Crippen molar-refractivity contribution in [1.82, 2.24) is 9.21 Å². The lowest BCUT2D eigenvalue weighted by atomic mass is 10.0. The first-order valence-corrected chi connectivity index (χ1v) is 12.7. The number of carbonyl (C=O) groups is 1. The molecule has 3 rings (SSSR count). The van der Waals surface area contributed by atoms with Gasteiger partial charge in [0.25, 0.3) is 0 Å². The molecule has 2 aromatic rings. The zero-order chi connectivity index (χ0) is 25.8. The summed E-state index contributed by atoms with van der Waals surface area (Å²) in [5, 5.41) is 18.8. The second-order valence-corrected chi connectivity index (χ2v) is 10.7. The Morgan fingerprint density at radius 3 is 2.54 bits per heavy atom. The summed E-state index contributed by atoms with van der Waals surface area (Å²) in [5.41, 5.74) is 2.04. The number of likely N-dealkylation sites (N-methyl/N-ethyl adjacent to an activating group) is 1. The van der Waals surface area contributed by atoms with Crippen LogP contribution in [0, 0.1) is 17.2 Å². The van der Waals surface area contributed by atoms with E-state index in [0.717, 1.165) is 11.1 Å². The van der Waals surface area contributed by atoms with Gasteiger partial charge in [0, 0.05) is 32.7 Å². The van der Waals surface area contributed by atoms with Gasteiger partial charge in [0.2, 0.25) is 15.9 Å². The Bertz CT molecular complexity index is 1190. The maximum Gasteiger partial charge on any atom is 0.248 e. The molecule has 2 aromatic carbocycles. The van der Waals surface area contributed by atoms with Crippen LogP contribution in [0.3, 0.4) is 0 Å². The molecular formula is C25H31N3O6S. The Hall–Kier alpha value is -2.97. The van der Waals surface area contributed by atoms with E-state index in [2.05, 4.69) is 6.07 Å². The molecule has 1 heterocycles. The van der Waals surface area contributed by atoms with Crippen LogP contribution in [-0.4, -0.2) is 81.2 Å². The Labute approximate surface area is 206 Å². The molecular weight excluding hydrogens is 470 g/mol. The Morgan fingerprint density at radius 2 is 1.94 bits per heavy atom. The average molecular weight is 502 g/mol. The molecule has 0 spiro atoms. The molecule has 0 radical (unpaired) electrons. The molecule has 0 bridgehead atoms. The van der Waals surface area contributed by atoms with E-state index in [0.29, 0.717) is 5.56 Å². The van der Waals surface area contributed by atoms with Crippen molar-refractivity contribution in [3.63, 3.8) is 0 Å². The van der Waals surface area contributed by atoms with E-state index in [4.69, 9.17) is 14.7 Å². The molecule has 0 fully saturated rings.